The van der Waals surface area contributed by atoms with Crippen LogP contribution in [0.2, 0.25) is 0 Å². The highest BCUT2D eigenvalue weighted by atomic mass is 16.1. The van der Waals surface area contributed by atoms with Crippen molar-refractivity contribution in [3.05, 3.63) is 0 Å². The van der Waals surface area contributed by atoms with E-state index in [9.17, 15) is 4.79 Å². The topological polar surface area (TPSA) is 55.1 Å². The van der Waals surface area contributed by atoms with Crippen LogP contribution in [-0.2, 0) is 4.79 Å². The molecule has 3 N–H and O–H groups in total. The van der Waals surface area contributed by atoms with Gasteiger partial charge in [-0.3, -0.25) is 4.79 Å². The average molecular weight is 226 g/mol. The molecule has 0 unspecified atom stereocenters. The predicted octanol–water partition coefficient (Wildman–Crippen LogP) is 2.06. The quantitative estimate of drug-likeness (QED) is 0.728. The maximum atomic E-state index is 11.8. The molecule has 1 saturated carbocycles. The van der Waals surface area contributed by atoms with Gasteiger partial charge in [-0.15, -0.1) is 0 Å². The van der Waals surface area contributed by atoms with Crippen molar-refractivity contribution in [1.82, 2.24) is 5.32 Å². The van der Waals surface area contributed by atoms with E-state index in [1.165, 1.54) is 12.8 Å². The summed E-state index contributed by atoms with van der Waals surface area (Å²) >= 11 is 0. The van der Waals surface area contributed by atoms with E-state index in [1.54, 1.807) is 0 Å². The second-order valence-corrected chi connectivity index (χ2v) is 5.48. The SMILES string of the molecule is CC(C)C[C@H](CN)CC(=O)NC1CCCC1. The molecule has 1 fully saturated rings. The Balaban J connectivity index is 2.24. The van der Waals surface area contributed by atoms with E-state index in [-0.39, 0.29) is 5.91 Å². The van der Waals surface area contributed by atoms with Gasteiger partial charge in [0.05, 0.1) is 0 Å². The lowest BCUT2D eigenvalue weighted by Crippen LogP contribution is -2.35. The summed E-state index contributed by atoms with van der Waals surface area (Å²) in [6, 6.07) is 0.435. The van der Waals surface area contributed by atoms with Crippen LogP contribution in [0, 0.1) is 11.8 Å². The van der Waals surface area contributed by atoms with Gasteiger partial charge in [0.15, 0.2) is 0 Å². The van der Waals surface area contributed by atoms with Crippen molar-refractivity contribution >= 4 is 5.91 Å². The Kier molecular flexibility index (Phi) is 5.81. The van der Waals surface area contributed by atoms with Gasteiger partial charge in [-0.05, 0) is 37.6 Å². The van der Waals surface area contributed by atoms with Crippen LogP contribution in [0.1, 0.15) is 52.4 Å². The van der Waals surface area contributed by atoms with Gasteiger partial charge >= 0.3 is 0 Å². The van der Waals surface area contributed by atoms with E-state index < -0.39 is 0 Å². The first-order chi connectivity index (χ1) is 7.61. The summed E-state index contributed by atoms with van der Waals surface area (Å²) in [5.74, 6) is 1.16. The first kappa shape index (κ1) is 13.5. The fraction of sp³-hybridized carbons (Fsp3) is 0.923. The molecule has 0 saturated heterocycles. The number of carbonyl (C=O) groups excluding carboxylic acids is 1. The molecule has 0 aromatic rings. The number of rotatable bonds is 6. The summed E-state index contributed by atoms with van der Waals surface area (Å²) in [5, 5.41) is 3.12. The van der Waals surface area contributed by atoms with Crippen molar-refractivity contribution in [2.45, 2.75) is 58.4 Å². The minimum Gasteiger partial charge on any atom is -0.353 e. The summed E-state index contributed by atoms with van der Waals surface area (Å²) < 4.78 is 0. The number of carbonyl (C=O) groups is 1. The van der Waals surface area contributed by atoms with E-state index in [0.29, 0.717) is 30.8 Å². The molecular weight excluding hydrogens is 200 g/mol. The van der Waals surface area contributed by atoms with Gasteiger partial charge < -0.3 is 11.1 Å². The highest BCUT2D eigenvalue weighted by molar-refractivity contribution is 5.76. The minimum absolute atomic E-state index is 0.197. The van der Waals surface area contributed by atoms with Gasteiger partial charge in [-0.25, -0.2) is 0 Å². The second-order valence-electron chi connectivity index (χ2n) is 5.48. The highest BCUT2D eigenvalue weighted by Gasteiger charge is 2.19. The summed E-state index contributed by atoms with van der Waals surface area (Å²) in [4.78, 5) is 11.8. The van der Waals surface area contributed by atoms with Gasteiger partial charge in [0.2, 0.25) is 5.91 Å². The smallest absolute Gasteiger partial charge is 0.220 e. The van der Waals surface area contributed by atoms with Gasteiger partial charge in [0, 0.05) is 12.5 Å². The molecule has 0 aliphatic heterocycles. The molecule has 0 bridgehead atoms. The third kappa shape index (κ3) is 4.97. The molecular formula is C13H26N2O. The van der Waals surface area contributed by atoms with Crippen molar-refractivity contribution in [3.63, 3.8) is 0 Å². The molecule has 1 atom stereocenters. The van der Waals surface area contributed by atoms with Crippen molar-refractivity contribution in [2.24, 2.45) is 17.6 Å². The van der Waals surface area contributed by atoms with Gasteiger partial charge in [-0.2, -0.15) is 0 Å². The molecule has 0 aromatic carbocycles. The number of hydrogen-bond donors (Lipinski definition) is 2. The zero-order valence-electron chi connectivity index (χ0n) is 10.7. The summed E-state index contributed by atoms with van der Waals surface area (Å²) in [6.45, 7) is 4.98. The second kappa shape index (κ2) is 6.89. The summed E-state index contributed by atoms with van der Waals surface area (Å²) in [7, 11) is 0. The first-order valence-corrected chi connectivity index (χ1v) is 6.61. The number of amides is 1. The third-order valence-electron chi connectivity index (χ3n) is 3.33. The van der Waals surface area contributed by atoms with Crippen molar-refractivity contribution < 1.29 is 4.79 Å². The Morgan fingerprint density at radius 3 is 2.50 bits per heavy atom. The number of hydrogen-bond acceptors (Lipinski definition) is 2. The van der Waals surface area contributed by atoms with Crippen LogP contribution in [0.15, 0.2) is 0 Å². The van der Waals surface area contributed by atoms with Crippen LogP contribution in [0.4, 0.5) is 0 Å². The van der Waals surface area contributed by atoms with E-state index in [2.05, 4.69) is 19.2 Å². The van der Waals surface area contributed by atoms with Crippen LogP contribution in [0.25, 0.3) is 0 Å². The van der Waals surface area contributed by atoms with Crippen LogP contribution < -0.4 is 11.1 Å². The lowest BCUT2D eigenvalue weighted by Gasteiger charge is -2.18. The normalized spacial score (nSPS) is 19.0. The Morgan fingerprint density at radius 2 is 2.00 bits per heavy atom. The monoisotopic (exact) mass is 226 g/mol. The molecule has 0 heterocycles. The molecule has 16 heavy (non-hydrogen) atoms. The predicted molar refractivity (Wildman–Crippen MR) is 67.0 cm³/mol. The van der Waals surface area contributed by atoms with Crippen molar-refractivity contribution in [2.75, 3.05) is 6.54 Å². The van der Waals surface area contributed by atoms with E-state index in [1.807, 2.05) is 0 Å². The molecule has 0 radical (unpaired) electrons. The molecule has 0 aromatic heterocycles. The third-order valence-corrected chi connectivity index (χ3v) is 3.33. The molecule has 3 heteroatoms. The molecule has 0 spiro atoms. The van der Waals surface area contributed by atoms with Crippen LogP contribution in [0.3, 0.4) is 0 Å². The standard InChI is InChI=1S/C13H26N2O/c1-10(2)7-11(9-14)8-13(16)15-12-5-3-4-6-12/h10-12H,3-9,14H2,1-2H3,(H,15,16)/t11-/m0/s1. The highest BCUT2D eigenvalue weighted by Crippen LogP contribution is 2.19. The van der Waals surface area contributed by atoms with E-state index in [4.69, 9.17) is 5.73 Å². The number of nitrogens with one attached hydrogen (secondary N) is 1. The molecule has 1 rings (SSSR count). The fourth-order valence-corrected chi connectivity index (χ4v) is 2.55. The van der Waals surface area contributed by atoms with E-state index >= 15 is 0 Å². The zero-order valence-corrected chi connectivity index (χ0v) is 10.7. The number of nitrogens with two attached hydrogens (primary N) is 1. The Morgan fingerprint density at radius 1 is 1.38 bits per heavy atom. The maximum Gasteiger partial charge on any atom is 0.220 e. The van der Waals surface area contributed by atoms with Crippen LogP contribution in [0.5, 0.6) is 0 Å². The van der Waals surface area contributed by atoms with E-state index in [0.717, 1.165) is 19.3 Å². The first-order valence-electron chi connectivity index (χ1n) is 6.61. The largest absolute Gasteiger partial charge is 0.353 e. The average Bonchev–Trinajstić information content (AvgIpc) is 2.68. The molecule has 1 aliphatic carbocycles. The Labute approximate surface area is 99.2 Å². The van der Waals surface area contributed by atoms with Crippen molar-refractivity contribution in [3.8, 4) is 0 Å². The van der Waals surface area contributed by atoms with Crippen LogP contribution >= 0.6 is 0 Å². The summed E-state index contributed by atoms with van der Waals surface area (Å²) in [5.41, 5.74) is 5.70. The molecule has 1 aliphatic rings. The summed E-state index contributed by atoms with van der Waals surface area (Å²) in [6.07, 6.45) is 6.49. The maximum absolute atomic E-state index is 11.8. The Bertz CT molecular complexity index is 210. The minimum atomic E-state index is 0.197. The fourth-order valence-electron chi connectivity index (χ4n) is 2.55. The van der Waals surface area contributed by atoms with Crippen molar-refractivity contribution in [1.29, 1.82) is 0 Å². The zero-order chi connectivity index (χ0) is 12.0. The van der Waals surface area contributed by atoms with Crippen LogP contribution in [-0.4, -0.2) is 18.5 Å². The molecule has 1 amide bonds. The molecule has 94 valence electrons. The molecule has 3 nitrogen and oxygen atoms in total. The lowest BCUT2D eigenvalue weighted by molar-refractivity contribution is -0.122. The van der Waals surface area contributed by atoms with Gasteiger partial charge in [0.1, 0.15) is 0 Å². The van der Waals surface area contributed by atoms with Gasteiger partial charge in [-0.1, -0.05) is 26.7 Å². The van der Waals surface area contributed by atoms with Gasteiger partial charge in [0.25, 0.3) is 0 Å². The lowest BCUT2D eigenvalue weighted by atomic mass is 9.94. The Hall–Kier alpha value is -0.570.